The second-order valence-corrected chi connectivity index (χ2v) is 6.24. The number of nitrogens with one attached hydrogen (secondary N) is 2. The van der Waals surface area contributed by atoms with Gasteiger partial charge in [0.1, 0.15) is 12.4 Å². The number of anilines is 1. The quantitative estimate of drug-likeness (QED) is 0.640. The van der Waals surface area contributed by atoms with E-state index in [1.807, 2.05) is 6.92 Å². The van der Waals surface area contributed by atoms with Crippen LogP contribution in [0.2, 0.25) is 0 Å². The highest BCUT2D eigenvalue weighted by Crippen LogP contribution is 2.26. The molecule has 7 heteroatoms. The SMILES string of the molecule is CCNC(=O)c1cccc(NC(=O)c2ccc(OCCOC)c(Br)c2)c1. The van der Waals surface area contributed by atoms with Gasteiger partial charge >= 0.3 is 0 Å². The van der Waals surface area contributed by atoms with E-state index in [4.69, 9.17) is 9.47 Å². The molecule has 2 rings (SSSR count). The van der Waals surface area contributed by atoms with E-state index >= 15 is 0 Å². The molecule has 0 spiro atoms. The van der Waals surface area contributed by atoms with Crippen molar-refractivity contribution < 1.29 is 19.1 Å². The first kappa shape index (κ1) is 19.9. The molecular weight excluding hydrogens is 400 g/mol. The molecule has 26 heavy (non-hydrogen) atoms. The molecule has 0 atom stereocenters. The number of carbonyl (C=O) groups excluding carboxylic acids is 2. The molecule has 2 aromatic rings. The van der Waals surface area contributed by atoms with E-state index in [9.17, 15) is 9.59 Å². The van der Waals surface area contributed by atoms with Gasteiger partial charge in [-0.05, 0) is 59.3 Å². The lowest BCUT2D eigenvalue weighted by Crippen LogP contribution is -2.22. The fourth-order valence-corrected chi connectivity index (χ4v) is 2.69. The van der Waals surface area contributed by atoms with E-state index in [0.717, 1.165) is 0 Å². The number of ether oxygens (including phenoxy) is 2. The maximum atomic E-state index is 12.5. The highest BCUT2D eigenvalue weighted by Gasteiger charge is 2.11. The number of methoxy groups -OCH3 is 1. The van der Waals surface area contributed by atoms with Gasteiger partial charge in [0, 0.05) is 30.5 Å². The molecule has 0 aliphatic carbocycles. The molecule has 2 N–H and O–H groups in total. The molecule has 2 aromatic carbocycles. The Bertz CT molecular complexity index is 780. The number of carbonyl (C=O) groups is 2. The molecule has 0 unspecified atom stereocenters. The van der Waals surface area contributed by atoms with Crippen LogP contribution >= 0.6 is 15.9 Å². The van der Waals surface area contributed by atoms with Gasteiger partial charge in [-0.3, -0.25) is 9.59 Å². The number of benzene rings is 2. The Labute approximate surface area is 161 Å². The zero-order chi connectivity index (χ0) is 18.9. The lowest BCUT2D eigenvalue weighted by molar-refractivity contribution is 0.0954. The van der Waals surface area contributed by atoms with Crippen LogP contribution in [0.5, 0.6) is 5.75 Å². The number of rotatable bonds is 8. The lowest BCUT2D eigenvalue weighted by Gasteiger charge is -2.10. The van der Waals surface area contributed by atoms with Crippen molar-refractivity contribution in [2.75, 3.05) is 32.2 Å². The molecule has 2 amide bonds. The van der Waals surface area contributed by atoms with Crippen LogP contribution in [0.1, 0.15) is 27.6 Å². The summed E-state index contributed by atoms with van der Waals surface area (Å²) in [5, 5.41) is 5.52. The summed E-state index contributed by atoms with van der Waals surface area (Å²) >= 11 is 3.40. The Kier molecular flexibility index (Phi) is 7.62. The summed E-state index contributed by atoms with van der Waals surface area (Å²) in [4.78, 5) is 24.3. The fraction of sp³-hybridized carbons (Fsp3) is 0.263. The van der Waals surface area contributed by atoms with Gasteiger partial charge < -0.3 is 20.1 Å². The minimum Gasteiger partial charge on any atom is -0.490 e. The van der Waals surface area contributed by atoms with E-state index in [0.29, 0.717) is 46.8 Å². The van der Waals surface area contributed by atoms with Crippen molar-refractivity contribution in [3.63, 3.8) is 0 Å². The Morgan fingerprint density at radius 2 is 1.81 bits per heavy atom. The summed E-state index contributed by atoms with van der Waals surface area (Å²) in [6, 6.07) is 11.9. The average molecular weight is 421 g/mol. The van der Waals surface area contributed by atoms with E-state index in [1.165, 1.54) is 0 Å². The van der Waals surface area contributed by atoms with E-state index in [1.54, 1.807) is 49.6 Å². The van der Waals surface area contributed by atoms with Crippen molar-refractivity contribution >= 4 is 33.4 Å². The third-order valence-corrected chi connectivity index (χ3v) is 4.08. The summed E-state index contributed by atoms with van der Waals surface area (Å²) in [7, 11) is 1.60. The Morgan fingerprint density at radius 1 is 1.04 bits per heavy atom. The molecule has 0 heterocycles. The zero-order valence-corrected chi connectivity index (χ0v) is 16.3. The van der Waals surface area contributed by atoms with Gasteiger partial charge in [0.2, 0.25) is 0 Å². The number of amides is 2. The smallest absolute Gasteiger partial charge is 0.255 e. The van der Waals surface area contributed by atoms with Crippen LogP contribution in [-0.2, 0) is 4.74 Å². The minimum absolute atomic E-state index is 0.177. The second kappa shape index (κ2) is 9.94. The van der Waals surface area contributed by atoms with Gasteiger partial charge in [0.05, 0.1) is 11.1 Å². The van der Waals surface area contributed by atoms with Crippen LogP contribution in [0.25, 0.3) is 0 Å². The van der Waals surface area contributed by atoms with E-state index in [2.05, 4.69) is 26.6 Å². The normalized spacial score (nSPS) is 10.3. The summed E-state index contributed by atoms with van der Waals surface area (Å²) in [5.41, 5.74) is 1.52. The first-order valence-electron chi connectivity index (χ1n) is 8.16. The first-order valence-corrected chi connectivity index (χ1v) is 8.95. The number of hydrogen-bond donors (Lipinski definition) is 2. The third-order valence-electron chi connectivity index (χ3n) is 3.46. The first-order chi connectivity index (χ1) is 12.5. The van der Waals surface area contributed by atoms with Crippen molar-refractivity contribution in [2.24, 2.45) is 0 Å². The summed E-state index contributed by atoms with van der Waals surface area (Å²) in [5.74, 6) is 0.183. The molecule has 0 radical (unpaired) electrons. The van der Waals surface area contributed by atoms with E-state index < -0.39 is 0 Å². The molecular formula is C19H21BrN2O4. The minimum atomic E-state index is -0.276. The zero-order valence-electron chi connectivity index (χ0n) is 14.7. The molecule has 0 saturated heterocycles. The van der Waals surface area contributed by atoms with Crippen LogP contribution in [-0.4, -0.2) is 38.7 Å². The van der Waals surface area contributed by atoms with Crippen LogP contribution < -0.4 is 15.4 Å². The van der Waals surface area contributed by atoms with Crippen LogP contribution in [0.3, 0.4) is 0 Å². The Morgan fingerprint density at radius 3 is 2.50 bits per heavy atom. The second-order valence-electron chi connectivity index (χ2n) is 5.38. The Balaban J connectivity index is 2.07. The number of halogens is 1. The molecule has 0 fully saturated rings. The van der Waals surface area contributed by atoms with Gasteiger partial charge in [0.15, 0.2) is 0 Å². The monoisotopic (exact) mass is 420 g/mol. The van der Waals surface area contributed by atoms with Gasteiger partial charge in [-0.25, -0.2) is 0 Å². The van der Waals surface area contributed by atoms with Gasteiger partial charge in [-0.2, -0.15) is 0 Å². The molecule has 0 aliphatic heterocycles. The maximum absolute atomic E-state index is 12.5. The standard InChI is InChI=1S/C19H21BrN2O4/c1-3-21-18(23)13-5-4-6-15(11-13)22-19(24)14-7-8-17(16(20)12-14)26-10-9-25-2/h4-8,11-12H,3,9-10H2,1-2H3,(H,21,23)(H,22,24). The van der Waals surface area contributed by atoms with Gasteiger partial charge in [0.25, 0.3) is 11.8 Å². The fourth-order valence-electron chi connectivity index (χ4n) is 2.20. The summed E-state index contributed by atoms with van der Waals surface area (Å²) in [6.07, 6.45) is 0. The summed E-state index contributed by atoms with van der Waals surface area (Å²) < 4.78 is 11.2. The largest absolute Gasteiger partial charge is 0.490 e. The maximum Gasteiger partial charge on any atom is 0.255 e. The van der Waals surface area contributed by atoms with Crippen LogP contribution in [0.15, 0.2) is 46.9 Å². The lowest BCUT2D eigenvalue weighted by atomic mass is 10.1. The highest BCUT2D eigenvalue weighted by molar-refractivity contribution is 9.10. The molecule has 0 bridgehead atoms. The predicted molar refractivity (Wildman–Crippen MR) is 104 cm³/mol. The number of hydrogen-bond acceptors (Lipinski definition) is 4. The van der Waals surface area contributed by atoms with Crippen molar-refractivity contribution in [3.05, 3.63) is 58.1 Å². The molecule has 0 saturated carbocycles. The molecule has 0 aromatic heterocycles. The average Bonchev–Trinajstić information content (AvgIpc) is 2.63. The van der Waals surface area contributed by atoms with Crippen LogP contribution in [0, 0.1) is 0 Å². The van der Waals surface area contributed by atoms with E-state index in [-0.39, 0.29) is 11.8 Å². The predicted octanol–water partition coefficient (Wildman–Crippen LogP) is 3.48. The van der Waals surface area contributed by atoms with Gasteiger partial charge in [-0.1, -0.05) is 6.07 Å². The topological polar surface area (TPSA) is 76.7 Å². The van der Waals surface area contributed by atoms with Crippen molar-refractivity contribution in [1.29, 1.82) is 0 Å². The summed E-state index contributed by atoms with van der Waals surface area (Å²) in [6.45, 7) is 3.30. The van der Waals surface area contributed by atoms with Crippen LogP contribution in [0.4, 0.5) is 5.69 Å². The molecule has 0 aliphatic rings. The Hall–Kier alpha value is -2.38. The van der Waals surface area contributed by atoms with Crippen molar-refractivity contribution in [2.45, 2.75) is 6.92 Å². The van der Waals surface area contributed by atoms with Gasteiger partial charge in [-0.15, -0.1) is 0 Å². The highest BCUT2D eigenvalue weighted by atomic mass is 79.9. The molecule has 138 valence electrons. The van der Waals surface area contributed by atoms with Crippen molar-refractivity contribution in [1.82, 2.24) is 5.32 Å². The third kappa shape index (κ3) is 5.57. The molecule has 6 nitrogen and oxygen atoms in total. The van der Waals surface area contributed by atoms with Crippen molar-refractivity contribution in [3.8, 4) is 5.75 Å².